The Morgan fingerprint density at radius 3 is 0.893 bits per heavy atom. The molecule has 0 aliphatic heterocycles. The molecular formula is C25H53NO2. The number of nitrogens with zero attached hydrogens (tertiary/aromatic N) is 1. The van der Waals surface area contributed by atoms with Crippen molar-refractivity contribution in [3.63, 3.8) is 0 Å². The highest BCUT2D eigenvalue weighted by Gasteiger charge is 2.25. The van der Waals surface area contributed by atoms with Gasteiger partial charge >= 0.3 is 0 Å². The van der Waals surface area contributed by atoms with Gasteiger partial charge < -0.3 is 14.4 Å². The third-order valence-electron chi connectivity index (χ3n) is 5.94. The molecule has 0 saturated heterocycles. The Morgan fingerprint density at radius 1 is 0.500 bits per heavy atom. The zero-order valence-electron chi connectivity index (χ0n) is 20.0. The van der Waals surface area contributed by atoms with E-state index in [0.29, 0.717) is 0 Å². The molecule has 0 unspecified atom stereocenters. The minimum absolute atomic E-state index is 0.500. The number of unbranched alkanes of at least 4 members (excludes halogenated alkanes) is 12. The van der Waals surface area contributed by atoms with E-state index in [1.807, 2.05) is 0 Å². The Kier molecular flexibility index (Phi) is 25.9. The number of hydrogen-bond donors (Lipinski definition) is 0. The highest BCUT2D eigenvalue weighted by atomic mass is 16.3. The van der Waals surface area contributed by atoms with Crippen LogP contribution in [0.15, 0.2) is 0 Å². The summed E-state index contributed by atoms with van der Waals surface area (Å²) in [6.45, 7) is 14.7. The number of carbonyl (C=O) groups excluding carboxylic acids is 1. The second kappa shape index (κ2) is 24.5. The zero-order chi connectivity index (χ0) is 21.3. The van der Waals surface area contributed by atoms with Gasteiger partial charge in [-0.25, -0.2) is 0 Å². The van der Waals surface area contributed by atoms with Crippen molar-refractivity contribution in [2.24, 2.45) is 0 Å². The van der Waals surface area contributed by atoms with Crippen molar-refractivity contribution >= 4 is 6.47 Å². The molecule has 0 rings (SSSR count). The van der Waals surface area contributed by atoms with Crippen LogP contribution in [-0.4, -0.2) is 37.1 Å². The number of hydrogen-bond acceptors (Lipinski definition) is 2. The first kappa shape index (κ1) is 29.6. The molecule has 3 heteroatoms. The summed E-state index contributed by atoms with van der Waals surface area (Å²) in [6, 6.07) is 0. The molecule has 28 heavy (non-hydrogen) atoms. The molecule has 0 aliphatic rings. The first-order valence-electron chi connectivity index (χ1n) is 12.6. The molecule has 0 aromatic carbocycles. The molecule has 0 atom stereocenters. The Hall–Kier alpha value is -0.570. The summed E-state index contributed by atoms with van der Waals surface area (Å²) >= 11 is 0. The molecule has 0 aliphatic carbocycles. The van der Waals surface area contributed by atoms with E-state index in [2.05, 4.69) is 27.7 Å². The van der Waals surface area contributed by atoms with Gasteiger partial charge in [0.05, 0.1) is 26.2 Å². The lowest BCUT2D eigenvalue weighted by Crippen LogP contribution is -2.50. The normalized spacial score (nSPS) is 11.1. The van der Waals surface area contributed by atoms with Crippen molar-refractivity contribution in [1.29, 1.82) is 0 Å². The predicted octanol–water partition coefficient (Wildman–Crippen LogP) is 6.49. The molecule has 0 saturated carbocycles. The van der Waals surface area contributed by atoms with E-state index in [4.69, 9.17) is 9.90 Å². The van der Waals surface area contributed by atoms with Crippen LogP contribution in [0.2, 0.25) is 0 Å². The molecule has 0 fully saturated rings. The standard InChI is InChI=1S/C24H52N.CH2O2/c1-5-9-13-17-21-25(22-18-14-10-6-2,23-19-15-11-7-3)24-20-16-12-8-4;2-1-3/h5-24H2,1-4H3;1H,(H,2,3)/q+1;/p-1. The monoisotopic (exact) mass is 399 g/mol. The Labute approximate surface area is 177 Å². The van der Waals surface area contributed by atoms with E-state index in [1.54, 1.807) is 0 Å². The second-order valence-electron chi connectivity index (χ2n) is 8.57. The topological polar surface area (TPSA) is 40.1 Å². The molecule has 170 valence electrons. The van der Waals surface area contributed by atoms with Crippen LogP contribution in [0, 0.1) is 0 Å². The van der Waals surface area contributed by atoms with Gasteiger partial charge in [0.1, 0.15) is 0 Å². The highest BCUT2D eigenvalue weighted by Crippen LogP contribution is 2.19. The van der Waals surface area contributed by atoms with Crippen molar-refractivity contribution in [3.05, 3.63) is 0 Å². The van der Waals surface area contributed by atoms with Gasteiger partial charge in [-0.3, -0.25) is 0 Å². The Balaban J connectivity index is 0. The molecule has 0 spiro atoms. The molecular weight excluding hydrogens is 346 g/mol. The molecule has 0 amide bonds. The van der Waals surface area contributed by atoms with E-state index < -0.39 is 6.47 Å². The summed E-state index contributed by atoms with van der Waals surface area (Å²) in [7, 11) is 0. The van der Waals surface area contributed by atoms with Gasteiger partial charge in [0, 0.05) is 6.47 Å². The van der Waals surface area contributed by atoms with Gasteiger partial charge in [-0.2, -0.15) is 0 Å². The SMILES string of the molecule is CCCCCC[N+](CCCCCC)(CCCCCC)CCCCCC.O=C[O-]. The second-order valence-corrected chi connectivity index (χ2v) is 8.57. The average molecular weight is 400 g/mol. The quantitative estimate of drug-likeness (QED) is 0.133. The fourth-order valence-corrected chi connectivity index (χ4v) is 4.17. The summed E-state index contributed by atoms with van der Waals surface area (Å²) in [5.74, 6) is 0. The number of carboxylic acid groups (broad SMARTS) is 1. The van der Waals surface area contributed by atoms with Crippen LogP contribution in [0.25, 0.3) is 0 Å². The van der Waals surface area contributed by atoms with Gasteiger partial charge in [0.2, 0.25) is 0 Å². The van der Waals surface area contributed by atoms with Crippen molar-refractivity contribution in [2.75, 3.05) is 26.2 Å². The lowest BCUT2D eigenvalue weighted by Gasteiger charge is -2.39. The molecule has 3 nitrogen and oxygen atoms in total. The van der Waals surface area contributed by atoms with Crippen molar-refractivity contribution in [3.8, 4) is 0 Å². The predicted molar refractivity (Wildman–Crippen MR) is 122 cm³/mol. The third-order valence-corrected chi connectivity index (χ3v) is 5.94. The first-order valence-corrected chi connectivity index (χ1v) is 12.6. The number of rotatable bonds is 20. The lowest BCUT2D eigenvalue weighted by molar-refractivity contribution is -0.929. The van der Waals surface area contributed by atoms with Gasteiger partial charge in [-0.1, -0.05) is 79.1 Å². The van der Waals surface area contributed by atoms with Crippen LogP contribution in [0.3, 0.4) is 0 Å². The van der Waals surface area contributed by atoms with E-state index >= 15 is 0 Å². The lowest BCUT2D eigenvalue weighted by atomic mass is 10.1. The van der Waals surface area contributed by atoms with E-state index in [1.165, 1.54) is 133 Å². The summed E-state index contributed by atoms with van der Waals surface area (Å²) in [5.41, 5.74) is 0. The fourth-order valence-electron chi connectivity index (χ4n) is 4.17. The van der Waals surface area contributed by atoms with Crippen LogP contribution < -0.4 is 5.11 Å². The summed E-state index contributed by atoms with van der Waals surface area (Å²) in [6.07, 6.45) is 22.8. The highest BCUT2D eigenvalue weighted by molar-refractivity contribution is 5.29. The number of carbonyl (C=O) groups is 1. The third kappa shape index (κ3) is 20.2. The van der Waals surface area contributed by atoms with Gasteiger partial charge in [0.15, 0.2) is 0 Å². The van der Waals surface area contributed by atoms with Crippen LogP contribution in [0.4, 0.5) is 0 Å². The minimum Gasteiger partial charge on any atom is -0.554 e. The summed E-state index contributed by atoms with van der Waals surface area (Å²) < 4.78 is 1.46. The molecule has 0 aromatic heterocycles. The van der Waals surface area contributed by atoms with Crippen LogP contribution in [0.5, 0.6) is 0 Å². The number of quaternary nitrogens is 1. The van der Waals surface area contributed by atoms with Gasteiger partial charge in [-0.15, -0.1) is 0 Å². The van der Waals surface area contributed by atoms with E-state index in [0.717, 1.165) is 0 Å². The fraction of sp³-hybridized carbons (Fsp3) is 0.960. The van der Waals surface area contributed by atoms with Crippen LogP contribution in [-0.2, 0) is 4.79 Å². The van der Waals surface area contributed by atoms with Crippen LogP contribution >= 0.6 is 0 Å². The Bertz CT molecular complexity index is 241. The van der Waals surface area contributed by atoms with Crippen molar-refractivity contribution in [1.82, 2.24) is 0 Å². The Morgan fingerprint density at radius 2 is 0.714 bits per heavy atom. The van der Waals surface area contributed by atoms with E-state index in [-0.39, 0.29) is 0 Å². The summed E-state index contributed by atoms with van der Waals surface area (Å²) in [5, 5.41) is 8.25. The first-order chi connectivity index (χ1) is 13.7. The van der Waals surface area contributed by atoms with Crippen LogP contribution in [0.1, 0.15) is 130 Å². The zero-order valence-corrected chi connectivity index (χ0v) is 20.0. The molecule has 0 heterocycles. The van der Waals surface area contributed by atoms with Gasteiger partial charge in [0.25, 0.3) is 0 Å². The molecule has 0 bridgehead atoms. The average Bonchev–Trinajstić information content (AvgIpc) is 2.70. The maximum atomic E-state index is 8.25. The van der Waals surface area contributed by atoms with Gasteiger partial charge in [-0.05, 0) is 51.4 Å². The molecule has 0 radical (unpaired) electrons. The summed E-state index contributed by atoms with van der Waals surface area (Å²) in [4.78, 5) is 8.25. The molecule has 0 N–H and O–H groups in total. The van der Waals surface area contributed by atoms with Crippen molar-refractivity contribution in [2.45, 2.75) is 130 Å². The largest absolute Gasteiger partial charge is 0.554 e. The maximum absolute atomic E-state index is 8.25. The van der Waals surface area contributed by atoms with Crippen molar-refractivity contribution < 1.29 is 14.4 Å². The molecule has 0 aromatic rings. The maximum Gasteiger partial charge on any atom is 0.0786 e. The van der Waals surface area contributed by atoms with E-state index in [9.17, 15) is 0 Å². The smallest absolute Gasteiger partial charge is 0.0786 e. The minimum atomic E-state index is -0.500.